The normalized spacial score (nSPS) is 15.6. The Morgan fingerprint density at radius 2 is 1.86 bits per heavy atom. The second kappa shape index (κ2) is 8.39. The Hall–Kier alpha value is -2.94. The number of sulfonamides is 1. The van der Waals surface area contributed by atoms with Gasteiger partial charge in [0, 0.05) is 0 Å². The lowest BCUT2D eigenvalue weighted by Crippen LogP contribution is -2.45. The molecule has 150 valence electrons. The standard InChI is InChI=1S/C19H22N2O6S/c1-25-15-9-7-14(8-10-15)21(28(2,23)24)12-19(22)20-11-16-13-26-17-5-3-4-6-18(17)27-16/h3-10,16H,11-13H2,1-2H3,(H,20,22). The second-order valence-corrected chi connectivity index (χ2v) is 8.18. The molecule has 1 aliphatic rings. The van der Waals surface area contributed by atoms with Crippen LogP contribution in [-0.2, 0) is 14.8 Å². The highest BCUT2D eigenvalue weighted by Gasteiger charge is 2.24. The second-order valence-electron chi connectivity index (χ2n) is 6.27. The van der Waals surface area contributed by atoms with Crippen molar-refractivity contribution in [3.63, 3.8) is 0 Å². The van der Waals surface area contributed by atoms with Gasteiger partial charge in [0.15, 0.2) is 11.5 Å². The number of carbonyl (C=O) groups excluding carboxylic acids is 1. The molecule has 0 radical (unpaired) electrons. The molecule has 0 fully saturated rings. The van der Waals surface area contributed by atoms with Crippen LogP contribution in [0.4, 0.5) is 5.69 Å². The Bertz CT molecular complexity index is 930. The van der Waals surface area contributed by atoms with Crippen molar-refractivity contribution in [3.8, 4) is 17.2 Å². The van der Waals surface area contributed by atoms with Gasteiger partial charge in [-0.15, -0.1) is 0 Å². The summed E-state index contributed by atoms with van der Waals surface area (Å²) in [6, 6.07) is 13.7. The van der Waals surface area contributed by atoms with Gasteiger partial charge in [0.2, 0.25) is 15.9 Å². The maximum absolute atomic E-state index is 12.3. The van der Waals surface area contributed by atoms with E-state index in [2.05, 4.69) is 5.32 Å². The lowest BCUT2D eigenvalue weighted by atomic mass is 10.2. The third-order valence-corrected chi connectivity index (χ3v) is 5.28. The van der Waals surface area contributed by atoms with Gasteiger partial charge in [-0.05, 0) is 36.4 Å². The van der Waals surface area contributed by atoms with Crippen LogP contribution in [0.15, 0.2) is 48.5 Å². The molecule has 28 heavy (non-hydrogen) atoms. The maximum atomic E-state index is 12.3. The van der Waals surface area contributed by atoms with Crippen molar-refractivity contribution in [2.45, 2.75) is 6.10 Å². The number of hydrogen-bond acceptors (Lipinski definition) is 6. The molecular formula is C19H22N2O6S. The number of nitrogens with one attached hydrogen (secondary N) is 1. The summed E-state index contributed by atoms with van der Waals surface area (Å²) in [5.74, 6) is 1.43. The van der Waals surface area contributed by atoms with Crippen LogP contribution in [0.25, 0.3) is 0 Å². The quantitative estimate of drug-likeness (QED) is 0.747. The number of para-hydroxylation sites is 2. The maximum Gasteiger partial charge on any atom is 0.240 e. The molecule has 1 unspecified atom stereocenters. The van der Waals surface area contributed by atoms with E-state index in [1.54, 1.807) is 30.3 Å². The number of nitrogens with zero attached hydrogens (tertiary/aromatic N) is 1. The summed E-state index contributed by atoms with van der Waals surface area (Å²) in [7, 11) is -2.12. The van der Waals surface area contributed by atoms with Gasteiger partial charge in [-0.25, -0.2) is 8.42 Å². The minimum Gasteiger partial charge on any atom is -0.497 e. The lowest BCUT2D eigenvalue weighted by Gasteiger charge is -2.27. The smallest absolute Gasteiger partial charge is 0.240 e. The number of anilines is 1. The number of benzene rings is 2. The van der Waals surface area contributed by atoms with Crippen LogP contribution in [0.2, 0.25) is 0 Å². The fourth-order valence-corrected chi connectivity index (χ4v) is 3.58. The van der Waals surface area contributed by atoms with E-state index in [0.29, 0.717) is 29.5 Å². The number of methoxy groups -OCH3 is 1. The number of ether oxygens (including phenoxy) is 3. The summed E-state index contributed by atoms with van der Waals surface area (Å²) in [4.78, 5) is 12.3. The molecule has 1 atom stereocenters. The molecule has 2 aromatic rings. The Balaban J connectivity index is 1.60. The molecule has 0 aromatic heterocycles. The van der Waals surface area contributed by atoms with Crippen LogP contribution in [0, 0.1) is 0 Å². The van der Waals surface area contributed by atoms with Crippen LogP contribution in [0.1, 0.15) is 0 Å². The molecule has 0 aliphatic carbocycles. The van der Waals surface area contributed by atoms with E-state index in [1.165, 1.54) is 7.11 Å². The fraction of sp³-hybridized carbons (Fsp3) is 0.316. The Morgan fingerprint density at radius 3 is 2.50 bits per heavy atom. The van der Waals surface area contributed by atoms with Crippen molar-refractivity contribution in [2.75, 3.05) is 37.4 Å². The van der Waals surface area contributed by atoms with E-state index in [1.807, 2.05) is 18.2 Å². The van der Waals surface area contributed by atoms with Crippen LogP contribution >= 0.6 is 0 Å². The predicted molar refractivity (Wildman–Crippen MR) is 105 cm³/mol. The van der Waals surface area contributed by atoms with Crippen LogP contribution in [-0.4, -0.2) is 53.5 Å². The summed E-state index contributed by atoms with van der Waals surface area (Å²) in [6.45, 7) is 0.161. The summed E-state index contributed by atoms with van der Waals surface area (Å²) >= 11 is 0. The molecule has 9 heteroatoms. The largest absolute Gasteiger partial charge is 0.497 e. The van der Waals surface area contributed by atoms with Gasteiger partial charge in [-0.3, -0.25) is 9.10 Å². The molecule has 0 saturated heterocycles. The van der Waals surface area contributed by atoms with E-state index in [4.69, 9.17) is 14.2 Å². The average Bonchev–Trinajstić information content (AvgIpc) is 2.69. The van der Waals surface area contributed by atoms with E-state index in [9.17, 15) is 13.2 Å². The Labute approximate surface area is 164 Å². The SMILES string of the molecule is COc1ccc(N(CC(=O)NCC2COc3ccccc3O2)S(C)(=O)=O)cc1. The first-order valence-corrected chi connectivity index (χ1v) is 10.5. The topological polar surface area (TPSA) is 94.2 Å². The number of carbonyl (C=O) groups is 1. The fourth-order valence-electron chi connectivity index (χ4n) is 2.73. The zero-order chi connectivity index (χ0) is 20.1. The first kappa shape index (κ1) is 19.8. The zero-order valence-corrected chi connectivity index (χ0v) is 16.4. The highest BCUT2D eigenvalue weighted by Crippen LogP contribution is 2.30. The van der Waals surface area contributed by atoms with Crippen molar-refractivity contribution in [1.82, 2.24) is 5.32 Å². The van der Waals surface area contributed by atoms with Crippen molar-refractivity contribution >= 4 is 21.6 Å². The number of rotatable bonds is 7. The third kappa shape index (κ3) is 4.86. The van der Waals surface area contributed by atoms with Gasteiger partial charge in [0.25, 0.3) is 0 Å². The molecule has 8 nitrogen and oxygen atoms in total. The molecule has 0 saturated carbocycles. The number of fused-ring (bicyclic) bond motifs is 1. The molecule has 1 N–H and O–H groups in total. The van der Waals surface area contributed by atoms with Crippen molar-refractivity contribution in [1.29, 1.82) is 0 Å². The first-order valence-electron chi connectivity index (χ1n) is 8.64. The third-order valence-electron chi connectivity index (χ3n) is 4.14. The summed E-state index contributed by atoms with van der Waals surface area (Å²) in [5.41, 5.74) is 0.379. The average molecular weight is 406 g/mol. The minimum atomic E-state index is -3.64. The minimum absolute atomic E-state index is 0.202. The Kier molecular flexibility index (Phi) is 5.93. The van der Waals surface area contributed by atoms with Gasteiger partial charge in [-0.2, -0.15) is 0 Å². The lowest BCUT2D eigenvalue weighted by molar-refractivity contribution is -0.120. The summed E-state index contributed by atoms with van der Waals surface area (Å²) in [5, 5.41) is 2.70. The highest BCUT2D eigenvalue weighted by molar-refractivity contribution is 7.92. The molecule has 1 aliphatic heterocycles. The molecule has 3 rings (SSSR count). The molecular weight excluding hydrogens is 384 g/mol. The van der Waals surface area contributed by atoms with Gasteiger partial charge in [0.1, 0.15) is 25.0 Å². The zero-order valence-electron chi connectivity index (χ0n) is 15.6. The van der Waals surface area contributed by atoms with E-state index in [0.717, 1.165) is 10.6 Å². The van der Waals surface area contributed by atoms with Gasteiger partial charge < -0.3 is 19.5 Å². The Morgan fingerprint density at radius 1 is 1.18 bits per heavy atom. The van der Waals surface area contributed by atoms with E-state index in [-0.39, 0.29) is 19.2 Å². The van der Waals surface area contributed by atoms with Crippen LogP contribution in [0.5, 0.6) is 17.2 Å². The molecule has 0 spiro atoms. The summed E-state index contributed by atoms with van der Waals surface area (Å²) < 4.78 is 41.8. The van der Waals surface area contributed by atoms with E-state index >= 15 is 0 Å². The van der Waals surface area contributed by atoms with Gasteiger partial charge >= 0.3 is 0 Å². The van der Waals surface area contributed by atoms with Crippen molar-refractivity contribution < 1.29 is 27.4 Å². The number of amides is 1. The van der Waals surface area contributed by atoms with Crippen molar-refractivity contribution in [2.24, 2.45) is 0 Å². The molecule has 2 aromatic carbocycles. The van der Waals surface area contributed by atoms with Gasteiger partial charge in [0.05, 0.1) is 25.6 Å². The van der Waals surface area contributed by atoms with Crippen LogP contribution < -0.4 is 23.8 Å². The molecule has 0 bridgehead atoms. The first-order chi connectivity index (χ1) is 13.4. The molecule has 1 heterocycles. The predicted octanol–water partition coefficient (Wildman–Crippen LogP) is 1.42. The highest BCUT2D eigenvalue weighted by atomic mass is 32.2. The number of hydrogen-bond donors (Lipinski definition) is 1. The van der Waals surface area contributed by atoms with Crippen LogP contribution in [0.3, 0.4) is 0 Å². The molecule has 1 amide bonds. The van der Waals surface area contributed by atoms with Crippen molar-refractivity contribution in [3.05, 3.63) is 48.5 Å². The summed E-state index contributed by atoms with van der Waals surface area (Å²) in [6.07, 6.45) is 0.700. The van der Waals surface area contributed by atoms with E-state index < -0.39 is 15.9 Å². The monoisotopic (exact) mass is 406 g/mol. The van der Waals surface area contributed by atoms with Gasteiger partial charge in [-0.1, -0.05) is 12.1 Å².